The number of hydrogen-bond acceptors (Lipinski definition) is 2. The first-order chi connectivity index (χ1) is 8.22. The molecule has 0 N–H and O–H groups in total. The van der Waals surface area contributed by atoms with E-state index in [4.69, 9.17) is 4.74 Å². The van der Waals surface area contributed by atoms with Gasteiger partial charge in [0.05, 0.1) is 12.6 Å². The molecule has 1 rings (SSSR count). The Morgan fingerprint density at radius 1 is 1.59 bits per heavy atom. The molecule has 17 heavy (non-hydrogen) atoms. The summed E-state index contributed by atoms with van der Waals surface area (Å²) in [7, 11) is 1.80. The first kappa shape index (κ1) is 14.3. The average Bonchev–Trinajstić information content (AvgIpc) is 2.75. The fourth-order valence-corrected chi connectivity index (χ4v) is 2.66. The molecule has 0 aliphatic carbocycles. The maximum atomic E-state index is 5.32. The Labute approximate surface area is 106 Å². The molecule has 2 nitrogen and oxygen atoms in total. The van der Waals surface area contributed by atoms with Gasteiger partial charge in [0.25, 0.3) is 0 Å². The summed E-state index contributed by atoms with van der Waals surface area (Å²) in [5.74, 6) is 0.589. The van der Waals surface area contributed by atoms with Crippen LogP contribution in [0.3, 0.4) is 0 Å². The van der Waals surface area contributed by atoms with Crippen LogP contribution < -0.4 is 0 Å². The van der Waals surface area contributed by atoms with E-state index in [2.05, 4.69) is 31.4 Å². The van der Waals surface area contributed by atoms with Crippen molar-refractivity contribution in [1.82, 2.24) is 4.90 Å². The molecule has 0 aromatic heterocycles. The third-order valence-corrected chi connectivity index (χ3v) is 3.48. The van der Waals surface area contributed by atoms with Crippen molar-refractivity contribution in [2.45, 2.75) is 45.6 Å². The van der Waals surface area contributed by atoms with Crippen molar-refractivity contribution in [3.8, 4) is 0 Å². The molecule has 1 aliphatic rings. The Bertz CT molecular complexity index is 260. The SMILES string of the molecule is C=CC[C@@H](C)/C=C(/CC)N1CCC[C@H]1COC. The van der Waals surface area contributed by atoms with E-state index in [1.165, 1.54) is 25.1 Å². The number of rotatable bonds is 7. The highest BCUT2D eigenvalue weighted by atomic mass is 16.5. The molecule has 0 radical (unpaired) electrons. The van der Waals surface area contributed by atoms with E-state index in [9.17, 15) is 0 Å². The second kappa shape index (κ2) is 7.54. The largest absolute Gasteiger partial charge is 0.383 e. The van der Waals surface area contributed by atoms with Crippen LogP contribution in [0, 0.1) is 5.92 Å². The number of allylic oxidation sites excluding steroid dienone is 3. The predicted molar refractivity (Wildman–Crippen MR) is 74.0 cm³/mol. The molecule has 2 heteroatoms. The first-order valence-corrected chi connectivity index (χ1v) is 6.80. The van der Waals surface area contributed by atoms with Gasteiger partial charge in [-0.3, -0.25) is 0 Å². The van der Waals surface area contributed by atoms with Crippen molar-refractivity contribution in [2.24, 2.45) is 5.92 Å². The normalized spacial score (nSPS) is 22.9. The fraction of sp³-hybridized carbons (Fsp3) is 0.733. The summed E-state index contributed by atoms with van der Waals surface area (Å²) in [6.45, 7) is 10.4. The van der Waals surface area contributed by atoms with Gasteiger partial charge in [0.15, 0.2) is 0 Å². The highest BCUT2D eigenvalue weighted by molar-refractivity contribution is 5.07. The number of ether oxygens (including phenoxy) is 1. The molecule has 0 saturated carbocycles. The number of likely N-dealkylation sites (tertiary alicyclic amines) is 1. The average molecular weight is 237 g/mol. The Kier molecular flexibility index (Phi) is 6.35. The van der Waals surface area contributed by atoms with Crippen molar-refractivity contribution < 1.29 is 4.74 Å². The fourth-order valence-electron chi connectivity index (χ4n) is 2.66. The molecular formula is C15H27NO. The lowest BCUT2D eigenvalue weighted by Gasteiger charge is -2.29. The van der Waals surface area contributed by atoms with E-state index in [0.29, 0.717) is 12.0 Å². The van der Waals surface area contributed by atoms with Crippen LogP contribution in [-0.2, 0) is 4.74 Å². The van der Waals surface area contributed by atoms with Crippen LogP contribution in [0.5, 0.6) is 0 Å². The van der Waals surface area contributed by atoms with Gasteiger partial charge in [0, 0.05) is 19.4 Å². The molecule has 1 aliphatic heterocycles. The van der Waals surface area contributed by atoms with Gasteiger partial charge < -0.3 is 9.64 Å². The highest BCUT2D eigenvalue weighted by Crippen LogP contribution is 2.25. The van der Waals surface area contributed by atoms with E-state index in [-0.39, 0.29) is 0 Å². The van der Waals surface area contributed by atoms with Gasteiger partial charge in [-0.25, -0.2) is 0 Å². The monoisotopic (exact) mass is 237 g/mol. The molecule has 0 unspecified atom stereocenters. The van der Waals surface area contributed by atoms with Gasteiger partial charge in [-0.2, -0.15) is 0 Å². The summed E-state index contributed by atoms with van der Waals surface area (Å²) in [5, 5.41) is 0. The van der Waals surface area contributed by atoms with Crippen LogP contribution in [0.25, 0.3) is 0 Å². The Morgan fingerprint density at radius 2 is 2.35 bits per heavy atom. The summed E-state index contributed by atoms with van der Waals surface area (Å²) in [4.78, 5) is 2.54. The minimum Gasteiger partial charge on any atom is -0.383 e. The van der Waals surface area contributed by atoms with E-state index < -0.39 is 0 Å². The van der Waals surface area contributed by atoms with Gasteiger partial charge in [0.2, 0.25) is 0 Å². The standard InChI is InChI=1S/C15H27NO/c1-5-8-13(3)11-14(6-2)16-10-7-9-15(16)12-17-4/h5,11,13,15H,1,6-10,12H2,2-4H3/b14-11-/t13-,15+/m1/s1. The summed E-state index contributed by atoms with van der Waals surface area (Å²) in [6.07, 6.45) is 9.15. The zero-order valence-electron chi connectivity index (χ0n) is 11.6. The minimum atomic E-state index is 0.585. The van der Waals surface area contributed by atoms with Crippen LogP contribution in [0.2, 0.25) is 0 Å². The van der Waals surface area contributed by atoms with Crippen LogP contribution in [0.15, 0.2) is 24.4 Å². The topological polar surface area (TPSA) is 12.5 Å². The lowest BCUT2D eigenvalue weighted by Crippen LogP contribution is -2.32. The van der Waals surface area contributed by atoms with Gasteiger partial charge in [-0.15, -0.1) is 6.58 Å². The number of hydrogen-bond donors (Lipinski definition) is 0. The molecule has 0 spiro atoms. The molecule has 1 saturated heterocycles. The first-order valence-electron chi connectivity index (χ1n) is 6.80. The van der Waals surface area contributed by atoms with Gasteiger partial charge in [0.1, 0.15) is 0 Å². The van der Waals surface area contributed by atoms with Crippen molar-refractivity contribution in [2.75, 3.05) is 20.3 Å². The Hall–Kier alpha value is -0.760. The Balaban J connectivity index is 2.68. The Morgan fingerprint density at radius 3 is 2.94 bits per heavy atom. The third kappa shape index (κ3) is 4.19. The molecule has 98 valence electrons. The molecule has 0 aromatic carbocycles. The molecule has 1 heterocycles. The molecule has 0 bridgehead atoms. The molecular weight excluding hydrogens is 210 g/mol. The zero-order chi connectivity index (χ0) is 12.7. The van der Waals surface area contributed by atoms with Gasteiger partial charge >= 0.3 is 0 Å². The lowest BCUT2D eigenvalue weighted by molar-refractivity contribution is 0.130. The maximum Gasteiger partial charge on any atom is 0.0666 e. The van der Waals surface area contributed by atoms with E-state index in [1.807, 2.05) is 6.08 Å². The lowest BCUT2D eigenvalue weighted by atomic mass is 10.0. The molecule has 2 atom stereocenters. The number of nitrogens with zero attached hydrogens (tertiary/aromatic N) is 1. The predicted octanol–water partition coefficient (Wildman–Crippen LogP) is 3.60. The quantitative estimate of drug-likeness (QED) is 0.627. The summed E-state index contributed by atoms with van der Waals surface area (Å²) in [6, 6.07) is 0.585. The van der Waals surface area contributed by atoms with Crippen LogP contribution in [0.4, 0.5) is 0 Å². The van der Waals surface area contributed by atoms with Gasteiger partial charge in [-0.05, 0) is 31.6 Å². The van der Waals surface area contributed by atoms with E-state index in [0.717, 1.165) is 19.4 Å². The van der Waals surface area contributed by atoms with E-state index >= 15 is 0 Å². The smallest absolute Gasteiger partial charge is 0.0666 e. The van der Waals surface area contributed by atoms with Gasteiger partial charge in [-0.1, -0.05) is 26.0 Å². The van der Waals surface area contributed by atoms with Crippen molar-refractivity contribution in [3.05, 3.63) is 24.4 Å². The number of methoxy groups -OCH3 is 1. The molecule has 0 aromatic rings. The van der Waals surface area contributed by atoms with Crippen molar-refractivity contribution in [3.63, 3.8) is 0 Å². The second-order valence-corrected chi connectivity index (χ2v) is 4.96. The van der Waals surface area contributed by atoms with Crippen molar-refractivity contribution >= 4 is 0 Å². The molecule has 0 amide bonds. The second-order valence-electron chi connectivity index (χ2n) is 4.96. The maximum absolute atomic E-state index is 5.32. The van der Waals surface area contributed by atoms with Crippen LogP contribution in [-0.4, -0.2) is 31.2 Å². The van der Waals surface area contributed by atoms with E-state index in [1.54, 1.807) is 7.11 Å². The van der Waals surface area contributed by atoms with Crippen LogP contribution >= 0.6 is 0 Å². The third-order valence-electron chi connectivity index (χ3n) is 3.48. The summed E-state index contributed by atoms with van der Waals surface area (Å²) in [5.41, 5.74) is 1.49. The van der Waals surface area contributed by atoms with Crippen molar-refractivity contribution in [1.29, 1.82) is 0 Å². The van der Waals surface area contributed by atoms with Crippen LogP contribution in [0.1, 0.15) is 39.5 Å². The minimum absolute atomic E-state index is 0.585. The molecule has 1 fully saturated rings. The summed E-state index contributed by atoms with van der Waals surface area (Å²) < 4.78 is 5.32. The summed E-state index contributed by atoms with van der Waals surface area (Å²) >= 11 is 0. The zero-order valence-corrected chi connectivity index (χ0v) is 11.6. The highest BCUT2D eigenvalue weighted by Gasteiger charge is 2.25.